The maximum atomic E-state index is 13.1. The molecule has 0 radical (unpaired) electrons. The van der Waals surface area contributed by atoms with E-state index in [9.17, 15) is 19.1 Å². The number of likely N-dealkylation sites (tertiary alicyclic amines) is 1. The van der Waals surface area contributed by atoms with Gasteiger partial charge in [0, 0.05) is 19.1 Å². The number of nitrogens with one attached hydrogen (secondary N) is 1. The molecule has 3 heterocycles. The summed E-state index contributed by atoms with van der Waals surface area (Å²) >= 11 is 1.26. The first kappa shape index (κ1) is 21.2. The molecule has 1 saturated heterocycles. The summed E-state index contributed by atoms with van der Waals surface area (Å²) in [6.45, 7) is 2.16. The van der Waals surface area contributed by atoms with Crippen LogP contribution in [0.2, 0.25) is 0 Å². The standard InChI is InChI=1S/C22H22FN3O4S/c1-22(29,14-6-8-15(23)9-7-14)21(28)25-12-16-4-2-10-26(16)20(27)18-13-24-19(31-18)17-5-3-11-30-17/h3,5-9,11,13,16,29H,2,4,10,12H2,1H3,(H,25,28)/t16-,22?/m1/s1. The number of amides is 2. The molecule has 3 aromatic rings. The highest BCUT2D eigenvalue weighted by atomic mass is 32.1. The molecule has 7 nitrogen and oxygen atoms in total. The summed E-state index contributed by atoms with van der Waals surface area (Å²) in [5.41, 5.74) is -1.52. The zero-order valence-electron chi connectivity index (χ0n) is 16.9. The van der Waals surface area contributed by atoms with Crippen LogP contribution in [0.15, 0.2) is 53.3 Å². The van der Waals surface area contributed by atoms with E-state index in [1.165, 1.54) is 48.7 Å². The second-order valence-corrected chi connectivity index (χ2v) is 8.62. The average molecular weight is 444 g/mol. The first-order valence-electron chi connectivity index (χ1n) is 9.93. The van der Waals surface area contributed by atoms with Gasteiger partial charge in [0.2, 0.25) is 0 Å². The van der Waals surface area contributed by atoms with Crippen LogP contribution < -0.4 is 5.32 Å². The third-order valence-corrected chi connectivity index (χ3v) is 6.43. The first-order valence-corrected chi connectivity index (χ1v) is 10.8. The van der Waals surface area contributed by atoms with Crippen molar-refractivity contribution in [3.63, 3.8) is 0 Å². The number of hydrogen-bond acceptors (Lipinski definition) is 6. The predicted molar refractivity (Wildman–Crippen MR) is 113 cm³/mol. The van der Waals surface area contributed by atoms with Crippen molar-refractivity contribution in [3.8, 4) is 10.8 Å². The molecule has 162 valence electrons. The second-order valence-electron chi connectivity index (χ2n) is 7.59. The van der Waals surface area contributed by atoms with Crippen LogP contribution in [0, 0.1) is 5.82 Å². The Morgan fingerprint density at radius 3 is 2.84 bits per heavy atom. The smallest absolute Gasteiger partial charge is 0.265 e. The predicted octanol–water partition coefficient (Wildman–Crippen LogP) is 3.17. The van der Waals surface area contributed by atoms with Gasteiger partial charge in [0.1, 0.15) is 10.7 Å². The highest BCUT2D eigenvalue weighted by Gasteiger charge is 2.35. The van der Waals surface area contributed by atoms with Gasteiger partial charge in [-0.3, -0.25) is 9.59 Å². The molecule has 2 atom stereocenters. The largest absolute Gasteiger partial charge is 0.462 e. The Balaban J connectivity index is 1.40. The Kier molecular flexibility index (Phi) is 5.88. The second kappa shape index (κ2) is 8.60. The van der Waals surface area contributed by atoms with Gasteiger partial charge in [-0.25, -0.2) is 9.37 Å². The molecule has 2 amide bonds. The molecule has 0 spiro atoms. The highest BCUT2D eigenvalue weighted by Crippen LogP contribution is 2.28. The molecular weight excluding hydrogens is 421 g/mol. The van der Waals surface area contributed by atoms with Crippen molar-refractivity contribution in [3.05, 3.63) is 65.1 Å². The van der Waals surface area contributed by atoms with Crippen LogP contribution in [-0.2, 0) is 10.4 Å². The van der Waals surface area contributed by atoms with Gasteiger partial charge in [0.05, 0.1) is 12.5 Å². The fourth-order valence-corrected chi connectivity index (χ4v) is 4.47. The van der Waals surface area contributed by atoms with Gasteiger partial charge in [0.25, 0.3) is 11.8 Å². The van der Waals surface area contributed by atoms with Gasteiger partial charge < -0.3 is 19.7 Å². The van der Waals surface area contributed by atoms with E-state index in [4.69, 9.17) is 4.42 Å². The van der Waals surface area contributed by atoms with Crippen LogP contribution in [0.5, 0.6) is 0 Å². The van der Waals surface area contributed by atoms with Crippen molar-refractivity contribution in [2.45, 2.75) is 31.4 Å². The lowest BCUT2D eigenvalue weighted by atomic mass is 9.95. The van der Waals surface area contributed by atoms with Crippen LogP contribution in [-0.4, -0.2) is 45.9 Å². The number of thiazole rings is 1. The van der Waals surface area contributed by atoms with Crippen LogP contribution in [0.3, 0.4) is 0 Å². The molecule has 1 aromatic carbocycles. The number of furan rings is 1. The SMILES string of the molecule is CC(O)(C(=O)NC[C@H]1CCCN1C(=O)c1cnc(-c2ccco2)s1)c1ccc(F)cc1. The Morgan fingerprint density at radius 2 is 2.13 bits per heavy atom. The van der Waals surface area contributed by atoms with E-state index in [-0.39, 0.29) is 18.5 Å². The van der Waals surface area contributed by atoms with E-state index in [0.717, 1.165) is 12.8 Å². The monoisotopic (exact) mass is 443 g/mol. The van der Waals surface area contributed by atoms with E-state index in [0.29, 0.717) is 27.8 Å². The minimum Gasteiger partial charge on any atom is -0.462 e. The summed E-state index contributed by atoms with van der Waals surface area (Å²) in [6.07, 6.45) is 4.66. The summed E-state index contributed by atoms with van der Waals surface area (Å²) in [5, 5.41) is 14.0. The van der Waals surface area contributed by atoms with Gasteiger partial charge >= 0.3 is 0 Å². The van der Waals surface area contributed by atoms with Crippen LogP contribution in [0.25, 0.3) is 10.8 Å². The Morgan fingerprint density at radius 1 is 1.35 bits per heavy atom. The molecule has 1 unspecified atom stereocenters. The fourth-order valence-electron chi connectivity index (χ4n) is 3.63. The summed E-state index contributed by atoms with van der Waals surface area (Å²) in [6, 6.07) is 8.50. The number of carbonyl (C=O) groups excluding carboxylic acids is 2. The minimum absolute atomic E-state index is 0.141. The molecule has 1 aliphatic rings. The topological polar surface area (TPSA) is 95.7 Å². The Bertz CT molecular complexity index is 1060. The van der Waals surface area contributed by atoms with Crippen molar-refractivity contribution >= 4 is 23.2 Å². The molecule has 1 fully saturated rings. The van der Waals surface area contributed by atoms with Crippen molar-refractivity contribution in [2.75, 3.05) is 13.1 Å². The zero-order chi connectivity index (χ0) is 22.0. The van der Waals surface area contributed by atoms with Crippen molar-refractivity contribution in [1.29, 1.82) is 0 Å². The third-order valence-electron chi connectivity index (χ3n) is 5.43. The van der Waals surface area contributed by atoms with Crippen molar-refractivity contribution in [2.24, 2.45) is 0 Å². The Hall–Kier alpha value is -3.04. The molecule has 9 heteroatoms. The molecule has 2 aromatic heterocycles. The number of carbonyl (C=O) groups is 2. The van der Waals surface area contributed by atoms with Gasteiger partial charge in [-0.15, -0.1) is 11.3 Å². The number of aromatic nitrogens is 1. The number of nitrogens with zero attached hydrogens (tertiary/aromatic N) is 2. The van der Waals surface area contributed by atoms with E-state index >= 15 is 0 Å². The molecule has 31 heavy (non-hydrogen) atoms. The quantitative estimate of drug-likeness (QED) is 0.610. The summed E-state index contributed by atoms with van der Waals surface area (Å²) < 4.78 is 18.5. The summed E-state index contributed by atoms with van der Waals surface area (Å²) in [5.74, 6) is -0.579. The number of benzene rings is 1. The lowest BCUT2D eigenvalue weighted by Crippen LogP contribution is -2.48. The molecular formula is C22H22FN3O4S. The van der Waals surface area contributed by atoms with Gasteiger partial charge in [-0.1, -0.05) is 12.1 Å². The molecule has 0 aliphatic carbocycles. The van der Waals surface area contributed by atoms with Crippen molar-refractivity contribution in [1.82, 2.24) is 15.2 Å². The van der Waals surface area contributed by atoms with E-state index < -0.39 is 17.3 Å². The summed E-state index contributed by atoms with van der Waals surface area (Å²) in [7, 11) is 0. The fraction of sp³-hybridized carbons (Fsp3) is 0.318. The molecule has 2 N–H and O–H groups in total. The average Bonchev–Trinajstić information content (AvgIpc) is 3.53. The third kappa shape index (κ3) is 4.38. The van der Waals surface area contributed by atoms with E-state index in [1.54, 1.807) is 23.3 Å². The molecule has 1 aliphatic heterocycles. The van der Waals surface area contributed by atoms with Gasteiger partial charge in [0.15, 0.2) is 16.4 Å². The number of halogens is 1. The zero-order valence-corrected chi connectivity index (χ0v) is 17.7. The lowest BCUT2D eigenvalue weighted by molar-refractivity contribution is -0.139. The maximum Gasteiger partial charge on any atom is 0.265 e. The van der Waals surface area contributed by atoms with Crippen LogP contribution in [0.4, 0.5) is 4.39 Å². The normalized spacial score (nSPS) is 18.0. The molecule has 0 saturated carbocycles. The number of rotatable bonds is 6. The first-order chi connectivity index (χ1) is 14.9. The lowest BCUT2D eigenvalue weighted by Gasteiger charge is -2.27. The van der Waals surface area contributed by atoms with E-state index in [2.05, 4.69) is 10.3 Å². The minimum atomic E-state index is -1.81. The van der Waals surface area contributed by atoms with Gasteiger partial charge in [-0.05, 0) is 49.6 Å². The maximum absolute atomic E-state index is 13.1. The van der Waals surface area contributed by atoms with Crippen molar-refractivity contribution < 1.29 is 23.5 Å². The number of hydrogen-bond donors (Lipinski definition) is 2. The Labute approximate surface area is 182 Å². The van der Waals surface area contributed by atoms with E-state index in [1.807, 2.05) is 0 Å². The summed E-state index contributed by atoms with van der Waals surface area (Å²) in [4.78, 5) is 32.1. The molecule has 0 bridgehead atoms. The molecule has 4 rings (SSSR count). The van der Waals surface area contributed by atoms with Crippen LogP contribution >= 0.6 is 11.3 Å². The highest BCUT2D eigenvalue weighted by molar-refractivity contribution is 7.16. The van der Waals surface area contributed by atoms with Crippen LogP contribution in [0.1, 0.15) is 35.0 Å². The number of aliphatic hydroxyl groups is 1. The van der Waals surface area contributed by atoms with Gasteiger partial charge in [-0.2, -0.15) is 0 Å².